The van der Waals surface area contributed by atoms with Crippen LogP contribution in [0.4, 0.5) is 0 Å². The second-order valence-electron chi connectivity index (χ2n) is 7.40. The molecule has 1 N–H and O–H groups in total. The zero-order valence-electron chi connectivity index (χ0n) is 17.9. The third-order valence-corrected chi connectivity index (χ3v) is 8.06. The van der Waals surface area contributed by atoms with Crippen LogP contribution in [0.5, 0.6) is 0 Å². The van der Waals surface area contributed by atoms with Gasteiger partial charge in [-0.1, -0.05) is 60.2 Å². The van der Waals surface area contributed by atoms with Gasteiger partial charge in [-0.2, -0.15) is 8.42 Å². The summed E-state index contributed by atoms with van der Waals surface area (Å²) in [6, 6.07) is 23.1. The van der Waals surface area contributed by atoms with Gasteiger partial charge in [0.2, 0.25) is 0 Å². The lowest BCUT2D eigenvalue weighted by molar-refractivity contribution is 0.315. The second kappa shape index (κ2) is 10.9. The highest BCUT2D eigenvalue weighted by molar-refractivity contribution is 7.91. The molecule has 0 saturated carbocycles. The fourth-order valence-electron chi connectivity index (χ4n) is 3.11. The number of hydrogen-bond acceptors (Lipinski definition) is 6. The van der Waals surface area contributed by atoms with Crippen LogP contribution in [0.15, 0.2) is 88.7 Å². The summed E-state index contributed by atoms with van der Waals surface area (Å²) in [4.78, 5) is 0.414. The van der Waals surface area contributed by atoms with Crippen LogP contribution in [0, 0.1) is 6.92 Å². The summed E-state index contributed by atoms with van der Waals surface area (Å²) < 4.78 is 54.3. The summed E-state index contributed by atoms with van der Waals surface area (Å²) in [6.45, 7) is 2.59. The average molecular weight is 474 g/mol. The first-order valence-electron chi connectivity index (χ1n) is 10.3. The van der Waals surface area contributed by atoms with Gasteiger partial charge in [0, 0.05) is 6.54 Å². The molecule has 0 aliphatic heterocycles. The van der Waals surface area contributed by atoms with E-state index in [2.05, 4.69) is 5.32 Å². The Bertz CT molecular complexity index is 1210. The molecule has 0 aromatic heterocycles. The van der Waals surface area contributed by atoms with Crippen molar-refractivity contribution in [2.45, 2.75) is 23.1 Å². The normalized spacial score (nSPS) is 12.0. The quantitative estimate of drug-likeness (QED) is 0.336. The lowest BCUT2D eigenvalue weighted by atomic mass is 10.1. The Balaban J connectivity index is 1.40. The number of rotatable bonds is 11. The van der Waals surface area contributed by atoms with Crippen LogP contribution in [-0.4, -0.2) is 42.3 Å². The van der Waals surface area contributed by atoms with Crippen LogP contribution in [0.1, 0.15) is 12.0 Å². The van der Waals surface area contributed by atoms with E-state index in [9.17, 15) is 16.8 Å². The molecule has 0 aliphatic rings. The van der Waals surface area contributed by atoms with Crippen molar-refractivity contribution in [1.82, 2.24) is 5.32 Å². The van der Waals surface area contributed by atoms with Gasteiger partial charge in [-0.05, 0) is 55.3 Å². The molecular weight excluding hydrogens is 446 g/mol. The molecule has 0 atom stereocenters. The Hall–Kier alpha value is -2.52. The molecule has 8 heteroatoms. The van der Waals surface area contributed by atoms with E-state index in [0.29, 0.717) is 24.4 Å². The standard InChI is InChI=1S/C24H27NO5S2/c1-20-8-12-24(13-9-20)32(28,29)30-18-17-25-16-5-19-31(26,27)23-14-10-22(11-15-23)21-6-3-2-4-7-21/h2-4,6-15,25H,5,16-19H2,1H3. The molecule has 32 heavy (non-hydrogen) atoms. The summed E-state index contributed by atoms with van der Waals surface area (Å²) in [5.74, 6) is 0.00715. The summed E-state index contributed by atoms with van der Waals surface area (Å²) in [6.07, 6.45) is 0.410. The van der Waals surface area contributed by atoms with E-state index in [0.717, 1.165) is 16.7 Å². The van der Waals surface area contributed by atoms with E-state index < -0.39 is 20.0 Å². The molecular formula is C24H27NO5S2. The van der Waals surface area contributed by atoms with Crippen LogP contribution in [0.3, 0.4) is 0 Å². The maximum atomic E-state index is 12.5. The third kappa shape index (κ3) is 6.74. The van der Waals surface area contributed by atoms with E-state index in [1.165, 1.54) is 12.1 Å². The topological polar surface area (TPSA) is 89.5 Å². The minimum absolute atomic E-state index is 0.00715. The molecule has 3 aromatic rings. The first-order chi connectivity index (χ1) is 15.3. The second-order valence-corrected chi connectivity index (χ2v) is 11.1. The van der Waals surface area contributed by atoms with E-state index in [1.807, 2.05) is 49.4 Å². The van der Waals surface area contributed by atoms with Gasteiger partial charge in [0.15, 0.2) is 9.84 Å². The molecule has 0 radical (unpaired) electrons. The smallest absolute Gasteiger partial charge is 0.297 e. The van der Waals surface area contributed by atoms with Gasteiger partial charge in [0.05, 0.1) is 22.2 Å². The minimum Gasteiger partial charge on any atom is -0.314 e. The third-order valence-electron chi connectivity index (χ3n) is 4.91. The molecule has 0 bridgehead atoms. The molecule has 0 saturated heterocycles. The summed E-state index contributed by atoms with van der Waals surface area (Å²) >= 11 is 0. The summed E-state index contributed by atoms with van der Waals surface area (Å²) in [7, 11) is -7.17. The Morgan fingerprint density at radius 2 is 1.31 bits per heavy atom. The van der Waals surface area contributed by atoms with E-state index >= 15 is 0 Å². The Morgan fingerprint density at radius 1 is 0.719 bits per heavy atom. The SMILES string of the molecule is Cc1ccc(S(=O)(=O)OCCNCCCS(=O)(=O)c2ccc(-c3ccccc3)cc2)cc1. The van der Waals surface area contributed by atoms with Crippen molar-refractivity contribution in [2.24, 2.45) is 0 Å². The molecule has 0 unspecified atom stereocenters. The van der Waals surface area contributed by atoms with Crippen LogP contribution in [0.2, 0.25) is 0 Å². The minimum atomic E-state index is -3.79. The lowest BCUT2D eigenvalue weighted by Gasteiger charge is -2.08. The molecule has 0 amide bonds. The lowest BCUT2D eigenvalue weighted by Crippen LogP contribution is -2.24. The van der Waals surface area contributed by atoms with Gasteiger partial charge in [-0.3, -0.25) is 4.18 Å². The Morgan fingerprint density at radius 3 is 1.97 bits per heavy atom. The first-order valence-corrected chi connectivity index (χ1v) is 13.4. The molecule has 0 aliphatic carbocycles. The molecule has 3 aromatic carbocycles. The zero-order valence-corrected chi connectivity index (χ0v) is 19.5. The van der Waals surface area contributed by atoms with Crippen molar-refractivity contribution in [3.8, 4) is 11.1 Å². The van der Waals surface area contributed by atoms with Crippen molar-refractivity contribution in [3.63, 3.8) is 0 Å². The maximum Gasteiger partial charge on any atom is 0.297 e. The van der Waals surface area contributed by atoms with Crippen LogP contribution in [-0.2, 0) is 24.1 Å². The van der Waals surface area contributed by atoms with Crippen LogP contribution >= 0.6 is 0 Å². The zero-order chi connectivity index (χ0) is 23.0. The first kappa shape index (κ1) is 24.1. The van der Waals surface area contributed by atoms with Gasteiger partial charge in [0.1, 0.15) is 0 Å². The van der Waals surface area contributed by atoms with Crippen molar-refractivity contribution in [3.05, 3.63) is 84.4 Å². The van der Waals surface area contributed by atoms with Gasteiger partial charge in [-0.25, -0.2) is 8.42 Å². The summed E-state index contributed by atoms with van der Waals surface area (Å²) in [5, 5.41) is 3.02. The number of hydrogen-bond donors (Lipinski definition) is 1. The number of benzene rings is 3. The van der Waals surface area contributed by atoms with Gasteiger partial charge < -0.3 is 5.32 Å². The number of sulfone groups is 1. The van der Waals surface area contributed by atoms with Gasteiger partial charge in [0.25, 0.3) is 10.1 Å². The molecule has 6 nitrogen and oxygen atoms in total. The van der Waals surface area contributed by atoms with E-state index in [4.69, 9.17) is 4.18 Å². The van der Waals surface area contributed by atoms with E-state index in [-0.39, 0.29) is 17.3 Å². The van der Waals surface area contributed by atoms with Crippen LogP contribution < -0.4 is 5.32 Å². The predicted molar refractivity (Wildman–Crippen MR) is 126 cm³/mol. The van der Waals surface area contributed by atoms with Crippen molar-refractivity contribution < 1.29 is 21.0 Å². The Kier molecular flexibility index (Phi) is 8.20. The van der Waals surface area contributed by atoms with Gasteiger partial charge in [-0.15, -0.1) is 0 Å². The van der Waals surface area contributed by atoms with Crippen molar-refractivity contribution in [1.29, 1.82) is 0 Å². The van der Waals surface area contributed by atoms with Crippen LogP contribution in [0.25, 0.3) is 11.1 Å². The fourth-order valence-corrected chi connectivity index (χ4v) is 5.33. The summed E-state index contributed by atoms with van der Waals surface area (Å²) in [5.41, 5.74) is 2.96. The molecule has 3 rings (SSSR count). The van der Waals surface area contributed by atoms with E-state index in [1.54, 1.807) is 24.3 Å². The number of nitrogens with one attached hydrogen (secondary N) is 1. The van der Waals surface area contributed by atoms with Crippen molar-refractivity contribution >= 4 is 20.0 Å². The molecule has 0 fully saturated rings. The Labute approximate surface area is 190 Å². The van der Waals surface area contributed by atoms with Gasteiger partial charge >= 0.3 is 0 Å². The number of aryl methyl sites for hydroxylation is 1. The highest BCUT2D eigenvalue weighted by atomic mass is 32.2. The fraction of sp³-hybridized carbons (Fsp3) is 0.250. The molecule has 170 valence electrons. The average Bonchev–Trinajstić information content (AvgIpc) is 2.79. The highest BCUT2D eigenvalue weighted by Gasteiger charge is 2.15. The monoisotopic (exact) mass is 473 g/mol. The predicted octanol–water partition coefficient (Wildman–Crippen LogP) is 3.82. The van der Waals surface area contributed by atoms with Crippen molar-refractivity contribution in [2.75, 3.05) is 25.4 Å². The maximum absolute atomic E-state index is 12.5. The molecule has 0 spiro atoms. The molecule has 0 heterocycles. The largest absolute Gasteiger partial charge is 0.314 e. The highest BCUT2D eigenvalue weighted by Crippen LogP contribution is 2.21.